The van der Waals surface area contributed by atoms with Crippen molar-refractivity contribution in [2.75, 3.05) is 25.0 Å². The second kappa shape index (κ2) is 8.66. The topological polar surface area (TPSA) is 91.4 Å². The zero-order valence-electron chi connectivity index (χ0n) is 15.6. The lowest BCUT2D eigenvalue weighted by molar-refractivity contribution is -0.125. The van der Waals surface area contributed by atoms with E-state index < -0.39 is 10.0 Å². The number of pyridine rings is 1. The van der Waals surface area contributed by atoms with Crippen LogP contribution < -0.4 is 14.9 Å². The summed E-state index contributed by atoms with van der Waals surface area (Å²) in [5, 5.41) is 2.90. The van der Waals surface area contributed by atoms with Crippen LogP contribution in [0.1, 0.15) is 18.4 Å². The van der Waals surface area contributed by atoms with Gasteiger partial charge >= 0.3 is 0 Å². The quantitative estimate of drug-likeness (QED) is 0.761. The Morgan fingerprint density at radius 2 is 1.86 bits per heavy atom. The molecule has 2 aromatic rings. The molecule has 2 N–H and O–H groups in total. The Hall–Kier alpha value is -2.52. The van der Waals surface area contributed by atoms with Gasteiger partial charge in [0, 0.05) is 31.7 Å². The molecule has 0 bridgehead atoms. The summed E-state index contributed by atoms with van der Waals surface area (Å²) in [5.41, 5.74) is 0.855. The van der Waals surface area contributed by atoms with Gasteiger partial charge in [-0.05, 0) is 49.7 Å². The van der Waals surface area contributed by atoms with Crippen LogP contribution in [-0.4, -0.2) is 39.4 Å². The van der Waals surface area contributed by atoms with E-state index in [9.17, 15) is 17.6 Å². The third-order valence-electron chi connectivity index (χ3n) is 4.87. The molecule has 1 aromatic carbocycles. The maximum Gasteiger partial charge on any atom is 0.241 e. The highest BCUT2D eigenvalue weighted by Crippen LogP contribution is 2.23. The second-order valence-corrected chi connectivity index (χ2v) is 8.55. The van der Waals surface area contributed by atoms with E-state index in [0.717, 1.165) is 5.56 Å². The van der Waals surface area contributed by atoms with Crippen molar-refractivity contribution >= 4 is 21.7 Å². The van der Waals surface area contributed by atoms with Crippen LogP contribution in [0, 0.1) is 11.7 Å². The molecule has 1 fully saturated rings. The molecule has 0 aliphatic carbocycles. The van der Waals surface area contributed by atoms with Crippen LogP contribution in [-0.2, 0) is 21.4 Å². The monoisotopic (exact) mass is 406 g/mol. The minimum absolute atomic E-state index is 0.00704. The van der Waals surface area contributed by atoms with Crippen LogP contribution in [0.3, 0.4) is 0 Å². The summed E-state index contributed by atoms with van der Waals surface area (Å²) in [5.74, 6) is 0.306. The van der Waals surface area contributed by atoms with E-state index in [1.807, 2.05) is 4.90 Å². The van der Waals surface area contributed by atoms with Crippen molar-refractivity contribution in [3.8, 4) is 0 Å². The number of anilines is 1. The smallest absolute Gasteiger partial charge is 0.241 e. The number of hydrogen-bond acceptors (Lipinski definition) is 5. The van der Waals surface area contributed by atoms with E-state index in [1.165, 1.54) is 31.4 Å². The van der Waals surface area contributed by atoms with Gasteiger partial charge in [0.05, 0.1) is 0 Å². The number of nitrogens with one attached hydrogen (secondary N) is 2. The van der Waals surface area contributed by atoms with Gasteiger partial charge < -0.3 is 10.2 Å². The normalized spacial score (nSPS) is 15.4. The van der Waals surface area contributed by atoms with Crippen LogP contribution in [0.5, 0.6) is 0 Å². The number of hydrogen-bond donors (Lipinski definition) is 2. The first-order valence-corrected chi connectivity index (χ1v) is 10.5. The first-order valence-electron chi connectivity index (χ1n) is 9.06. The highest BCUT2D eigenvalue weighted by molar-refractivity contribution is 7.89. The van der Waals surface area contributed by atoms with Crippen LogP contribution in [0.15, 0.2) is 47.5 Å². The van der Waals surface area contributed by atoms with Crippen molar-refractivity contribution in [2.24, 2.45) is 5.92 Å². The van der Waals surface area contributed by atoms with Crippen molar-refractivity contribution in [1.29, 1.82) is 0 Å². The molecular formula is C19H23FN4O3S. The largest absolute Gasteiger partial charge is 0.357 e. The molecule has 9 heteroatoms. The van der Waals surface area contributed by atoms with Crippen LogP contribution in [0.25, 0.3) is 0 Å². The van der Waals surface area contributed by atoms with Gasteiger partial charge in [0.1, 0.15) is 16.5 Å². The summed E-state index contributed by atoms with van der Waals surface area (Å²) in [7, 11) is -2.15. The Labute approximate surface area is 164 Å². The number of carbonyl (C=O) groups excluding carboxylic acids is 1. The van der Waals surface area contributed by atoms with Crippen LogP contribution in [0.2, 0.25) is 0 Å². The van der Waals surface area contributed by atoms with Crippen molar-refractivity contribution < 1.29 is 17.6 Å². The molecule has 1 aliphatic heterocycles. The number of piperidine rings is 1. The van der Waals surface area contributed by atoms with Gasteiger partial charge in [0.25, 0.3) is 0 Å². The summed E-state index contributed by atoms with van der Waals surface area (Å²) in [6.07, 6.45) is 2.71. The fraction of sp³-hybridized carbons (Fsp3) is 0.368. The van der Waals surface area contributed by atoms with Gasteiger partial charge in [-0.1, -0.05) is 12.1 Å². The molecule has 7 nitrogen and oxygen atoms in total. The maximum absolute atomic E-state index is 12.9. The third-order valence-corrected chi connectivity index (χ3v) is 6.27. The van der Waals surface area contributed by atoms with Crippen molar-refractivity contribution in [2.45, 2.75) is 24.3 Å². The van der Waals surface area contributed by atoms with E-state index in [0.29, 0.717) is 38.3 Å². The third kappa shape index (κ3) is 4.85. The Morgan fingerprint density at radius 3 is 2.43 bits per heavy atom. The molecule has 1 aliphatic rings. The van der Waals surface area contributed by atoms with Gasteiger partial charge in [-0.2, -0.15) is 0 Å². The maximum atomic E-state index is 12.9. The molecule has 0 radical (unpaired) electrons. The zero-order chi connectivity index (χ0) is 20.1. The van der Waals surface area contributed by atoms with Crippen molar-refractivity contribution in [3.05, 3.63) is 54.0 Å². The predicted octanol–water partition coefficient (Wildman–Crippen LogP) is 1.66. The number of carbonyl (C=O) groups is 1. The standard InChI is InChI=1S/C19H23FN4O3S/c1-21-28(26,27)17-6-7-18(22-13-17)24-10-8-15(9-11-24)19(25)23-12-14-2-4-16(20)5-3-14/h2-7,13,15,21H,8-12H2,1H3,(H,23,25). The predicted molar refractivity (Wildman–Crippen MR) is 104 cm³/mol. The van der Waals surface area contributed by atoms with Gasteiger partial charge in [0.2, 0.25) is 15.9 Å². The molecule has 2 heterocycles. The average molecular weight is 406 g/mol. The number of halogens is 1. The summed E-state index contributed by atoms with van der Waals surface area (Å²) < 4.78 is 38.7. The number of aromatic nitrogens is 1. The molecule has 1 aromatic heterocycles. The lowest BCUT2D eigenvalue weighted by Gasteiger charge is -2.32. The molecule has 28 heavy (non-hydrogen) atoms. The number of rotatable bonds is 6. The molecule has 3 rings (SSSR count). The highest BCUT2D eigenvalue weighted by Gasteiger charge is 2.25. The van der Waals surface area contributed by atoms with Gasteiger partial charge in [0.15, 0.2) is 0 Å². The SMILES string of the molecule is CNS(=O)(=O)c1ccc(N2CCC(C(=O)NCc3ccc(F)cc3)CC2)nc1. The summed E-state index contributed by atoms with van der Waals surface area (Å²) >= 11 is 0. The van der Waals surface area contributed by atoms with E-state index in [1.54, 1.807) is 18.2 Å². The van der Waals surface area contributed by atoms with Crippen LogP contribution >= 0.6 is 0 Å². The van der Waals surface area contributed by atoms with Crippen LogP contribution in [0.4, 0.5) is 10.2 Å². The summed E-state index contributed by atoms with van der Waals surface area (Å²) in [6, 6.07) is 9.26. The van der Waals surface area contributed by atoms with E-state index >= 15 is 0 Å². The lowest BCUT2D eigenvalue weighted by atomic mass is 9.96. The minimum atomic E-state index is -3.50. The first kappa shape index (κ1) is 20.2. The number of amides is 1. The van der Waals surface area contributed by atoms with E-state index in [-0.39, 0.29) is 22.5 Å². The van der Waals surface area contributed by atoms with E-state index in [2.05, 4.69) is 15.0 Å². The van der Waals surface area contributed by atoms with Gasteiger partial charge in [-0.3, -0.25) is 4.79 Å². The number of benzene rings is 1. The summed E-state index contributed by atoms with van der Waals surface area (Å²) in [4.78, 5) is 18.8. The molecular weight excluding hydrogens is 383 g/mol. The van der Waals surface area contributed by atoms with Crippen molar-refractivity contribution in [3.63, 3.8) is 0 Å². The van der Waals surface area contributed by atoms with Gasteiger partial charge in [-0.25, -0.2) is 22.5 Å². The Morgan fingerprint density at radius 1 is 1.18 bits per heavy atom. The lowest BCUT2D eigenvalue weighted by Crippen LogP contribution is -2.40. The summed E-state index contributed by atoms with van der Waals surface area (Å²) in [6.45, 7) is 1.71. The molecule has 150 valence electrons. The fourth-order valence-electron chi connectivity index (χ4n) is 3.14. The Balaban J connectivity index is 1.51. The molecule has 0 atom stereocenters. The second-order valence-electron chi connectivity index (χ2n) is 6.67. The average Bonchev–Trinajstić information content (AvgIpc) is 2.73. The number of sulfonamides is 1. The Kier molecular flexibility index (Phi) is 6.25. The van der Waals surface area contributed by atoms with Crippen molar-refractivity contribution in [1.82, 2.24) is 15.0 Å². The fourth-order valence-corrected chi connectivity index (χ4v) is 3.82. The highest BCUT2D eigenvalue weighted by atomic mass is 32.2. The zero-order valence-corrected chi connectivity index (χ0v) is 16.4. The Bertz CT molecular complexity index is 909. The molecule has 0 unspecified atom stereocenters. The molecule has 1 saturated heterocycles. The first-order chi connectivity index (χ1) is 13.4. The number of nitrogens with zero attached hydrogens (tertiary/aromatic N) is 2. The van der Waals surface area contributed by atoms with E-state index in [4.69, 9.17) is 0 Å². The van der Waals surface area contributed by atoms with Gasteiger partial charge in [-0.15, -0.1) is 0 Å². The minimum Gasteiger partial charge on any atom is -0.357 e. The molecule has 1 amide bonds. The molecule has 0 saturated carbocycles. The molecule has 0 spiro atoms.